The molecule has 0 N–H and O–H groups in total. The number of allylic oxidation sites excluding steroid dienone is 1. The summed E-state index contributed by atoms with van der Waals surface area (Å²) in [5.41, 5.74) is 2.57. The van der Waals surface area contributed by atoms with E-state index in [-0.39, 0.29) is 5.78 Å². The van der Waals surface area contributed by atoms with Crippen molar-refractivity contribution in [3.05, 3.63) is 41.5 Å². The summed E-state index contributed by atoms with van der Waals surface area (Å²) in [5, 5.41) is 8.07. The molecule has 5 heteroatoms. The van der Waals surface area contributed by atoms with Crippen LogP contribution < -0.4 is 0 Å². The smallest absolute Gasteiger partial charge is 0.189 e. The van der Waals surface area contributed by atoms with Crippen LogP contribution in [0.3, 0.4) is 0 Å². The molecule has 5 nitrogen and oxygen atoms in total. The molecule has 0 aliphatic carbocycles. The second-order valence-corrected chi connectivity index (χ2v) is 3.91. The van der Waals surface area contributed by atoms with E-state index in [1.807, 2.05) is 14.0 Å². The molecule has 0 fully saturated rings. The highest BCUT2D eigenvalue weighted by atomic mass is 16.1. The van der Waals surface area contributed by atoms with Gasteiger partial charge in [0, 0.05) is 31.5 Å². The Labute approximate surface area is 99.4 Å². The molecule has 0 aliphatic rings. The number of aryl methyl sites for hydroxylation is 2. The fourth-order valence-electron chi connectivity index (χ4n) is 1.49. The summed E-state index contributed by atoms with van der Waals surface area (Å²) >= 11 is 0. The maximum Gasteiger partial charge on any atom is 0.189 e. The predicted octanol–water partition coefficient (Wildman–Crippen LogP) is 1.36. The number of ketones is 1. The van der Waals surface area contributed by atoms with E-state index >= 15 is 0 Å². The number of carbonyl (C=O) groups excluding carboxylic acids is 1. The highest BCUT2D eigenvalue weighted by Gasteiger charge is 2.05. The topological polar surface area (TPSA) is 52.7 Å². The minimum atomic E-state index is -0.0543. The van der Waals surface area contributed by atoms with Crippen molar-refractivity contribution in [3.63, 3.8) is 0 Å². The Morgan fingerprint density at radius 2 is 2.06 bits per heavy atom. The molecule has 0 saturated heterocycles. The van der Waals surface area contributed by atoms with Crippen LogP contribution in [0.5, 0.6) is 0 Å². The number of hydrogen-bond donors (Lipinski definition) is 0. The van der Waals surface area contributed by atoms with Crippen molar-refractivity contribution < 1.29 is 4.79 Å². The third-order valence-corrected chi connectivity index (χ3v) is 2.68. The van der Waals surface area contributed by atoms with E-state index in [4.69, 9.17) is 0 Å². The number of aromatic nitrogens is 4. The van der Waals surface area contributed by atoms with E-state index < -0.39 is 0 Å². The molecule has 2 heterocycles. The molecule has 0 bridgehead atoms. The van der Waals surface area contributed by atoms with E-state index in [0.29, 0.717) is 5.56 Å². The molecule has 2 aromatic rings. The fourth-order valence-corrected chi connectivity index (χ4v) is 1.49. The van der Waals surface area contributed by atoms with E-state index in [0.717, 1.165) is 11.3 Å². The fraction of sp³-hybridized carbons (Fsp3) is 0.250. The maximum absolute atomic E-state index is 11.8. The molecule has 0 unspecified atom stereocenters. The molecular weight excluding hydrogens is 216 g/mol. The molecule has 0 radical (unpaired) electrons. The monoisotopic (exact) mass is 230 g/mol. The van der Waals surface area contributed by atoms with Crippen LogP contribution in [0.2, 0.25) is 0 Å². The van der Waals surface area contributed by atoms with Gasteiger partial charge in [-0.2, -0.15) is 10.2 Å². The van der Waals surface area contributed by atoms with E-state index in [2.05, 4.69) is 10.2 Å². The highest BCUT2D eigenvalue weighted by molar-refractivity contribution is 6.06. The van der Waals surface area contributed by atoms with Gasteiger partial charge < -0.3 is 0 Å². The van der Waals surface area contributed by atoms with Gasteiger partial charge in [0.05, 0.1) is 18.0 Å². The van der Waals surface area contributed by atoms with E-state index in [1.165, 1.54) is 0 Å². The van der Waals surface area contributed by atoms with Gasteiger partial charge in [-0.3, -0.25) is 14.2 Å². The lowest BCUT2D eigenvalue weighted by atomic mass is 10.2. The molecule has 2 rings (SSSR count). The van der Waals surface area contributed by atoms with Gasteiger partial charge in [-0.25, -0.2) is 0 Å². The summed E-state index contributed by atoms with van der Waals surface area (Å²) in [6.45, 7) is 1.96. The molecular formula is C12H14N4O. The zero-order valence-corrected chi connectivity index (χ0v) is 10.1. The average molecular weight is 230 g/mol. The Bertz CT molecular complexity index is 577. The first-order chi connectivity index (χ1) is 8.08. The average Bonchev–Trinajstić information content (AvgIpc) is 2.86. The summed E-state index contributed by atoms with van der Waals surface area (Å²) < 4.78 is 3.38. The molecule has 0 spiro atoms. The van der Waals surface area contributed by atoms with E-state index in [1.54, 1.807) is 47.2 Å². The van der Waals surface area contributed by atoms with Crippen LogP contribution in [0, 0.1) is 6.92 Å². The summed E-state index contributed by atoms with van der Waals surface area (Å²) in [6.07, 6.45) is 8.31. The first kappa shape index (κ1) is 11.3. The van der Waals surface area contributed by atoms with Gasteiger partial charge in [0.15, 0.2) is 5.78 Å². The van der Waals surface area contributed by atoms with Crippen LogP contribution in [-0.4, -0.2) is 25.3 Å². The molecule has 0 atom stereocenters. The second kappa shape index (κ2) is 4.37. The van der Waals surface area contributed by atoms with Gasteiger partial charge in [0.2, 0.25) is 0 Å². The molecule has 0 aliphatic heterocycles. The van der Waals surface area contributed by atoms with Gasteiger partial charge in [-0.05, 0) is 19.1 Å². The molecule has 0 aromatic carbocycles. The lowest BCUT2D eigenvalue weighted by Gasteiger charge is -1.93. The number of carbonyl (C=O) groups is 1. The van der Waals surface area contributed by atoms with Crippen LogP contribution >= 0.6 is 0 Å². The van der Waals surface area contributed by atoms with E-state index in [9.17, 15) is 4.79 Å². The standard InChI is InChI=1S/C12H14N4O/c1-9-10(6-14-16(9)3)4-5-12(17)11-7-13-15(2)8-11/h4-8H,1-3H3/b5-4+. The lowest BCUT2D eigenvalue weighted by molar-refractivity contribution is 0.104. The molecule has 0 amide bonds. The molecule has 17 heavy (non-hydrogen) atoms. The van der Waals surface area contributed by atoms with Crippen molar-refractivity contribution in [1.29, 1.82) is 0 Å². The minimum absolute atomic E-state index is 0.0543. The first-order valence-corrected chi connectivity index (χ1v) is 5.27. The lowest BCUT2D eigenvalue weighted by Crippen LogP contribution is -1.93. The van der Waals surface area contributed by atoms with Gasteiger partial charge in [-0.1, -0.05) is 0 Å². The van der Waals surface area contributed by atoms with Crippen LogP contribution in [-0.2, 0) is 14.1 Å². The number of hydrogen-bond acceptors (Lipinski definition) is 3. The van der Waals surface area contributed by atoms with Gasteiger partial charge in [0.1, 0.15) is 0 Å². The van der Waals surface area contributed by atoms with Crippen LogP contribution in [0.15, 0.2) is 24.7 Å². The molecule has 2 aromatic heterocycles. The third kappa shape index (κ3) is 2.33. The molecule has 88 valence electrons. The Balaban J connectivity index is 2.16. The Morgan fingerprint density at radius 1 is 1.29 bits per heavy atom. The van der Waals surface area contributed by atoms with Gasteiger partial charge in [0.25, 0.3) is 0 Å². The van der Waals surface area contributed by atoms with Crippen LogP contribution in [0.25, 0.3) is 6.08 Å². The van der Waals surface area contributed by atoms with Crippen molar-refractivity contribution >= 4 is 11.9 Å². The zero-order valence-electron chi connectivity index (χ0n) is 10.1. The maximum atomic E-state index is 11.8. The largest absolute Gasteiger partial charge is 0.289 e. The van der Waals surface area contributed by atoms with Crippen molar-refractivity contribution in [2.24, 2.45) is 14.1 Å². The van der Waals surface area contributed by atoms with Crippen molar-refractivity contribution in [2.75, 3.05) is 0 Å². The number of nitrogens with zero attached hydrogens (tertiary/aromatic N) is 4. The van der Waals surface area contributed by atoms with Gasteiger partial charge in [-0.15, -0.1) is 0 Å². The molecule has 0 saturated carbocycles. The van der Waals surface area contributed by atoms with Gasteiger partial charge >= 0.3 is 0 Å². The quantitative estimate of drug-likeness (QED) is 0.591. The Kier molecular flexibility index (Phi) is 2.91. The summed E-state index contributed by atoms with van der Waals surface area (Å²) in [5.74, 6) is -0.0543. The predicted molar refractivity (Wildman–Crippen MR) is 64.5 cm³/mol. The normalized spacial score (nSPS) is 11.2. The minimum Gasteiger partial charge on any atom is -0.289 e. The summed E-state index contributed by atoms with van der Waals surface area (Å²) in [7, 11) is 3.65. The van der Waals surface area contributed by atoms with Crippen LogP contribution in [0.4, 0.5) is 0 Å². The highest BCUT2D eigenvalue weighted by Crippen LogP contribution is 2.09. The van der Waals surface area contributed by atoms with Crippen molar-refractivity contribution in [1.82, 2.24) is 19.6 Å². The summed E-state index contributed by atoms with van der Waals surface area (Å²) in [6, 6.07) is 0. The number of rotatable bonds is 3. The Morgan fingerprint density at radius 3 is 2.59 bits per heavy atom. The van der Waals surface area contributed by atoms with Crippen molar-refractivity contribution in [2.45, 2.75) is 6.92 Å². The third-order valence-electron chi connectivity index (χ3n) is 2.68. The van der Waals surface area contributed by atoms with Crippen LogP contribution in [0.1, 0.15) is 21.6 Å². The summed E-state index contributed by atoms with van der Waals surface area (Å²) in [4.78, 5) is 11.8. The van der Waals surface area contributed by atoms with Crippen molar-refractivity contribution in [3.8, 4) is 0 Å². The Hall–Kier alpha value is -2.17. The zero-order chi connectivity index (χ0) is 12.4. The SMILES string of the molecule is Cc1c(/C=C/C(=O)c2cnn(C)c2)cnn1C. The first-order valence-electron chi connectivity index (χ1n) is 5.27. The second-order valence-electron chi connectivity index (χ2n) is 3.91.